The topological polar surface area (TPSA) is 58.6 Å². The predicted octanol–water partition coefficient (Wildman–Crippen LogP) is 4.21. The van der Waals surface area contributed by atoms with E-state index in [0.29, 0.717) is 11.1 Å². The van der Waals surface area contributed by atoms with Crippen LogP contribution in [0.4, 0.5) is 13.6 Å². The molecule has 5 nitrogen and oxygen atoms in total. The van der Waals surface area contributed by atoms with Crippen molar-refractivity contribution in [1.82, 2.24) is 10.2 Å². The van der Waals surface area contributed by atoms with Gasteiger partial charge in [0, 0.05) is 5.56 Å². The first kappa shape index (κ1) is 19.8. The van der Waals surface area contributed by atoms with E-state index in [9.17, 15) is 18.4 Å². The molecule has 3 amide bonds. The number of amides is 3. The highest BCUT2D eigenvalue weighted by atomic mass is 19.3. The van der Waals surface area contributed by atoms with Crippen LogP contribution in [-0.2, 0) is 23.3 Å². The molecule has 0 spiro atoms. The van der Waals surface area contributed by atoms with Gasteiger partial charge in [-0.2, -0.15) is 8.78 Å². The highest BCUT2D eigenvalue weighted by molar-refractivity contribution is 6.07. The molecular formula is C21H22F2N2O3. The smallest absolute Gasteiger partial charge is 0.387 e. The first-order valence-corrected chi connectivity index (χ1v) is 9.11. The van der Waals surface area contributed by atoms with Crippen LogP contribution in [-0.4, -0.2) is 23.4 Å². The first-order chi connectivity index (χ1) is 13.3. The summed E-state index contributed by atoms with van der Waals surface area (Å²) in [6.07, 6.45) is 1.95. The molecule has 0 radical (unpaired) electrons. The van der Waals surface area contributed by atoms with E-state index in [0.717, 1.165) is 23.3 Å². The second-order valence-electron chi connectivity index (χ2n) is 6.88. The predicted molar refractivity (Wildman–Crippen MR) is 99.9 cm³/mol. The summed E-state index contributed by atoms with van der Waals surface area (Å²) in [5, 5.41) is 2.73. The molecule has 1 heterocycles. The van der Waals surface area contributed by atoms with Gasteiger partial charge in [0.15, 0.2) is 0 Å². The molecule has 2 aromatic rings. The molecule has 3 rings (SSSR count). The summed E-state index contributed by atoms with van der Waals surface area (Å²) in [6, 6.07) is 13.1. The molecule has 0 aromatic heterocycles. The van der Waals surface area contributed by atoms with Crippen LogP contribution in [0.3, 0.4) is 0 Å². The van der Waals surface area contributed by atoms with Gasteiger partial charge in [-0.1, -0.05) is 55.8 Å². The number of benzene rings is 2. The Morgan fingerprint density at radius 1 is 1.11 bits per heavy atom. The fourth-order valence-corrected chi connectivity index (χ4v) is 3.35. The molecule has 0 aliphatic carbocycles. The van der Waals surface area contributed by atoms with Gasteiger partial charge in [0.1, 0.15) is 11.3 Å². The minimum Gasteiger partial charge on any atom is -0.434 e. The van der Waals surface area contributed by atoms with Gasteiger partial charge >= 0.3 is 12.6 Å². The number of carbonyl (C=O) groups excluding carboxylic acids is 2. The van der Waals surface area contributed by atoms with E-state index in [4.69, 9.17) is 0 Å². The molecule has 1 N–H and O–H groups in total. The van der Waals surface area contributed by atoms with Gasteiger partial charge in [0.05, 0.1) is 6.54 Å². The van der Waals surface area contributed by atoms with Gasteiger partial charge in [0.2, 0.25) is 0 Å². The van der Waals surface area contributed by atoms with Crippen molar-refractivity contribution in [3.63, 3.8) is 0 Å². The Morgan fingerprint density at radius 3 is 2.43 bits per heavy atom. The molecule has 2 aromatic carbocycles. The maximum atomic E-state index is 13.0. The van der Waals surface area contributed by atoms with Crippen molar-refractivity contribution in [1.29, 1.82) is 0 Å². The number of imide groups is 1. The molecule has 1 unspecified atom stereocenters. The van der Waals surface area contributed by atoms with Gasteiger partial charge in [-0.25, -0.2) is 4.79 Å². The minimum absolute atomic E-state index is 0.0596. The Balaban J connectivity index is 1.84. The number of urea groups is 1. The van der Waals surface area contributed by atoms with Crippen molar-refractivity contribution in [2.24, 2.45) is 0 Å². The van der Waals surface area contributed by atoms with Gasteiger partial charge in [-0.15, -0.1) is 0 Å². The number of alkyl halides is 2. The third-order valence-corrected chi connectivity index (χ3v) is 4.86. The van der Waals surface area contributed by atoms with Crippen LogP contribution < -0.4 is 10.1 Å². The standard InChI is InChI=1S/C21H22F2N2O3/c1-3-6-14-9-11-16(12-10-14)21(2)18(26)25(20(27)24-21)13-15-7-4-5-8-17(15)28-19(22)23/h4-5,7-12,19H,3,6,13H2,1-2H3,(H,24,27). The minimum atomic E-state index is -2.99. The Hall–Kier alpha value is -2.96. The molecule has 0 bridgehead atoms. The van der Waals surface area contributed by atoms with Gasteiger partial charge < -0.3 is 10.1 Å². The number of nitrogens with one attached hydrogen (secondary N) is 1. The quantitative estimate of drug-likeness (QED) is 0.723. The normalized spacial score (nSPS) is 19.2. The van der Waals surface area contributed by atoms with Crippen molar-refractivity contribution in [2.75, 3.05) is 0 Å². The Labute approximate surface area is 162 Å². The largest absolute Gasteiger partial charge is 0.434 e. The number of para-hydroxylation sites is 1. The molecule has 1 atom stereocenters. The molecular weight excluding hydrogens is 366 g/mol. The van der Waals surface area contributed by atoms with E-state index >= 15 is 0 Å². The van der Waals surface area contributed by atoms with Crippen LogP contribution in [0.5, 0.6) is 5.75 Å². The fourth-order valence-electron chi connectivity index (χ4n) is 3.35. The van der Waals surface area contributed by atoms with Crippen LogP contribution in [0.1, 0.15) is 37.0 Å². The van der Waals surface area contributed by atoms with E-state index in [1.165, 1.54) is 6.07 Å². The van der Waals surface area contributed by atoms with Crippen LogP contribution in [0, 0.1) is 0 Å². The highest BCUT2D eigenvalue weighted by Gasteiger charge is 2.49. The number of hydrogen-bond donors (Lipinski definition) is 1. The Bertz CT molecular complexity index is 870. The summed E-state index contributed by atoms with van der Waals surface area (Å²) >= 11 is 0. The third-order valence-electron chi connectivity index (χ3n) is 4.86. The number of hydrogen-bond acceptors (Lipinski definition) is 3. The lowest BCUT2D eigenvalue weighted by Gasteiger charge is -2.23. The van der Waals surface area contributed by atoms with Crippen LogP contribution in [0.2, 0.25) is 0 Å². The molecule has 1 aliphatic rings. The molecule has 1 saturated heterocycles. The first-order valence-electron chi connectivity index (χ1n) is 9.11. The van der Waals surface area contributed by atoms with Gasteiger partial charge in [-0.3, -0.25) is 9.69 Å². The van der Waals surface area contributed by atoms with Crippen molar-refractivity contribution in [3.05, 3.63) is 65.2 Å². The average Bonchev–Trinajstić information content (AvgIpc) is 2.88. The number of ether oxygens (including phenoxy) is 1. The third kappa shape index (κ3) is 3.83. The van der Waals surface area contributed by atoms with Crippen LogP contribution in [0.15, 0.2) is 48.5 Å². The van der Waals surface area contributed by atoms with E-state index in [1.807, 2.05) is 24.3 Å². The fraction of sp³-hybridized carbons (Fsp3) is 0.333. The molecule has 1 fully saturated rings. The second kappa shape index (κ2) is 7.96. The maximum Gasteiger partial charge on any atom is 0.387 e. The zero-order chi connectivity index (χ0) is 20.3. The summed E-state index contributed by atoms with van der Waals surface area (Å²) < 4.78 is 29.7. The summed E-state index contributed by atoms with van der Waals surface area (Å²) in [5.41, 5.74) is 0.945. The summed E-state index contributed by atoms with van der Waals surface area (Å²) in [4.78, 5) is 26.5. The Morgan fingerprint density at radius 2 is 1.79 bits per heavy atom. The average molecular weight is 388 g/mol. The zero-order valence-electron chi connectivity index (χ0n) is 15.7. The van der Waals surface area contributed by atoms with Crippen molar-refractivity contribution >= 4 is 11.9 Å². The molecule has 148 valence electrons. The molecule has 7 heteroatoms. The van der Waals surface area contributed by atoms with E-state index in [1.54, 1.807) is 25.1 Å². The molecule has 0 saturated carbocycles. The lowest BCUT2D eigenvalue weighted by atomic mass is 9.91. The second-order valence-corrected chi connectivity index (χ2v) is 6.88. The van der Waals surface area contributed by atoms with Crippen molar-refractivity contribution < 1.29 is 23.1 Å². The molecule has 1 aliphatic heterocycles. The number of aryl methyl sites for hydroxylation is 1. The maximum absolute atomic E-state index is 13.0. The van der Waals surface area contributed by atoms with Gasteiger partial charge in [0.25, 0.3) is 5.91 Å². The van der Waals surface area contributed by atoms with Gasteiger partial charge in [-0.05, 0) is 30.5 Å². The Kier molecular flexibility index (Phi) is 5.63. The van der Waals surface area contributed by atoms with Crippen LogP contribution in [0.25, 0.3) is 0 Å². The van der Waals surface area contributed by atoms with Crippen molar-refractivity contribution in [3.8, 4) is 5.75 Å². The summed E-state index contributed by atoms with van der Waals surface area (Å²) in [7, 11) is 0. The van der Waals surface area contributed by atoms with Crippen molar-refractivity contribution in [2.45, 2.75) is 45.4 Å². The highest BCUT2D eigenvalue weighted by Crippen LogP contribution is 2.31. The van der Waals surface area contributed by atoms with E-state index < -0.39 is 24.1 Å². The summed E-state index contributed by atoms with van der Waals surface area (Å²) in [5.74, 6) is -0.497. The summed E-state index contributed by atoms with van der Waals surface area (Å²) in [6.45, 7) is 0.584. The molecule has 28 heavy (non-hydrogen) atoms. The lowest BCUT2D eigenvalue weighted by Crippen LogP contribution is -2.40. The lowest BCUT2D eigenvalue weighted by molar-refractivity contribution is -0.131. The van der Waals surface area contributed by atoms with Crippen LogP contribution >= 0.6 is 0 Å². The number of halogens is 2. The van der Waals surface area contributed by atoms with E-state index in [2.05, 4.69) is 17.0 Å². The van der Waals surface area contributed by atoms with E-state index in [-0.39, 0.29) is 12.3 Å². The monoisotopic (exact) mass is 388 g/mol. The number of carbonyl (C=O) groups is 2. The number of nitrogens with zero attached hydrogens (tertiary/aromatic N) is 1. The zero-order valence-corrected chi connectivity index (χ0v) is 15.7. The number of rotatable bonds is 7. The SMILES string of the molecule is CCCc1ccc(C2(C)NC(=O)N(Cc3ccccc3OC(F)F)C2=O)cc1.